The van der Waals surface area contributed by atoms with Gasteiger partial charge < -0.3 is 5.32 Å². The first-order valence-electron chi connectivity index (χ1n) is 10.1. The molecule has 0 atom stereocenters. The number of carbonyl (C=O) groups excluding carboxylic acids is 1. The first kappa shape index (κ1) is 22.5. The first-order valence-corrected chi connectivity index (χ1v) is 11.9. The van der Waals surface area contributed by atoms with Gasteiger partial charge in [-0.25, -0.2) is 8.42 Å². The molecule has 4 aromatic rings. The Hall–Kier alpha value is -3.68. The summed E-state index contributed by atoms with van der Waals surface area (Å²) in [7, 11) is -3.79. The van der Waals surface area contributed by atoms with E-state index in [2.05, 4.69) is 15.0 Å². The van der Waals surface area contributed by atoms with E-state index >= 15 is 0 Å². The number of pyridine rings is 1. The predicted molar refractivity (Wildman–Crippen MR) is 130 cm³/mol. The fourth-order valence-corrected chi connectivity index (χ4v) is 4.49. The minimum absolute atomic E-state index is 0.123. The molecule has 0 aliphatic heterocycles. The highest BCUT2D eigenvalue weighted by Crippen LogP contribution is 2.24. The Morgan fingerprint density at radius 1 is 0.818 bits per heavy atom. The SMILES string of the molecule is O=C(Nc1ccc(Cc2ccncc2)cc1)c1cc(NS(=O)(=O)c2ccccc2)ccc1Cl. The largest absolute Gasteiger partial charge is 0.322 e. The van der Waals surface area contributed by atoms with Crippen molar-refractivity contribution in [3.05, 3.63) is 119 Å². The molecule has 1 aromatic heterocycles. The summed E-state index contributed by atoms with van der Waals surface area (Å²) in [5, 5.41) is 3.01. The lowest BCUT2D eigenvalue weighted by atomic mass is 10.1. The molecule has 2 N–H and O–H groups in total. The summed E-state index contributed by atoms with van der Waals surface area (Å²) in [6.45, 7) is 0. The molecule has 3 aromatic carbocycles. The summed E-state index contributed by atoms with van der Waals surface area (Å²) >= 11 is 6.22. The molecule has 0 unspecified atom stereocenters. The summed E-state index contributed by atoms with van der Waals surface area (Å²) in [5.74, 6) is -0.442. The van der Waals surface area contributed by atoms with Gasteiger partial charge in [0, 0.05) is 23.8 Å². The average Bonchev–Trinajstić information content (AvgIpc) is 2.82. The molecule has 0 aliphatic carbocycles. The van der Waals surface area contributed by atoms with Crippen molar-refractivity contribution in [1.29, 1.82) is 0 Å². The Morgan fingerprint density at radius 2 is 1.45 bits per heavy atom. The Labute approximate surface area is 197 Å². The second-order valence-corrected chi connectivity index (χ2v) is 9.39. The fraction of sp³-hybridized carbons (Fsp3) is 0.0400. The molecule has 33 heavy (non-hydrogen) atoms. The lowest BCUT2D eigenvalue weighted by molar-refractivity contribution is 0.102. The van der Waals surface area contributed by atoms with Gasteiger partial charge in [-0.05, 0) is 72.1 Å². The number of nitrogens with one attached hydrogen (secondary N) is 2. The molecule has 0 bridgehead atoms. The Balaban J connectivity index is 1.47. The minimum atomic E-state index is -3.79. The van der Waals surface area contributed by atoms with Crippen molar-refractivity contribution in [3.8, 4) is 0 Å². The summed E-state index contributed by atoms with van der Waals surface area (Å²) in [6.07, 6.45) is 4.26. The molecule has 0 aliphatic rings. The molecular formula is C25H20ClN3O3S. The van der Waals surface area contributed by atoms with E-state index in [1.54, 1.807) is 30.6 Å². The first-order chi connectivity index (χ1) is 15.9. The maximum Gasteiger partial charge on any atom is 0.261 e. The fourth-order valence-electron chi connectivity index (χ4n) is 3.22. The Bertz CT molecular complexity index is 1360. The molecule has 0 saturated heterocycles. The molecule has 166 valence electrons. The number of amides is 1. The number of hydrogen-bond acceptors (Lipinski definition) is 4. The Morgan fingerprint density at radius 3 is 2.15 bits per heavy atom. The lowest BCUT2D eigenvalue weighted by Gasteiger charge is -2.12. The summed E-state index contributed by atoms with van der Waals surface area (Å²) in [6, 6.07) is 23.8. The van der Waals surface area contributed by atoms with Gasteiger partial charge in [0.15, 0.2) is 0 Å². The second-order valence-electron chi connectivity index (χ2n) is 7.30. The normalized spacial score (nSPS) is 11.1. The number of halogens is 1. The van der Waals surface area contributed by atoms with Crippen LogP contribution in [0.2, 0.25) is 5.02 Å². The van der Waals surface area contributed by atoms with Crippen LogP contribution in [0, 0.1) is 0 Å². The van der Waals surface area contributed by atoms with Gasteiger partial charge in [0.1, 0.15) is 0 Å². The lowest BCUT2D eigenvalue weighted by Crippen LogP contribution is -2.15. The van der Waals surface area contributed by atoms with Crippen LogP contribution in [0.5, 0.6) is 0 Å². The maximum atomic E-state index is 12.8. The second kappa shape index (κ2) is 9.85. The summed E-state index contributed by atoms with van der Waals surface area (Å²) in [5.41, 5.74) is 3.23. The van der Waals surface area contributed by atoms with Crippen molar-refractivity contribution in [2.45, 2.75) is 11.3 Å². The topological polar surface area (TPSA) is 88.2 Å². The molecule has 6 nitrogen and oxygen atoms in total. The van der Waals surface area contributed by atoms with Crippen LogP contribution in [-0.4, -0.2) is 19.3 Å². The predicted octanol–water partition coefficient (Wildman–Crippen LogP) is 5.38. The molecule has 0 fully saturated rings. The van der Waals surface area contributed by atoms with Crippen LogP contribution in [0.4, 0.5) is 11.4 Å². The van der Waals surface area contributed by atoms with Crippen molar-refractivity contribution < 1.29 is 13.2 Å². The molecular weight excluding hydrogens is 458 g/mol. The number of rotatable bonds is 7. The third-order valence-electron chi connectivity index (χ3n) is 4.89. The molecule has 8 heteroatoms. The van der Waals surface area contributed by atoms with Gasteiger partial charge in [-0.2, -0.15) is 0 Å². The number of carbonyl (C=O) groups is 1. The maximum absolute atomic E-state index is 12.8. The molecule has 1 amide bonds. The van der Waals surface area contributed by atoms with E-state index in [-0.39, 0.29) is 21.2 Å². The van der Waals surface area contributed by atoms with Crippen LogP contribution in [0.1, 0.15) is 21.5 Å². The monoisotopic (exact) mass is 477 g/mol. The van der Waals surface area contributed by atoms with E-state index in [4.69, 9.17) is 11.6 Å². The molecule has 0 radical (unpaired) electrons. The van der Waals surface area contributed by atoms with E-state index < -0.39 is 15.9 Å². The molecule has 0 saturated carbocycles. The van der Waals surface area contributed by atoms with Crippen LogP contribution >= 0.6 is 11.6 Å². The van der Waals surface area contributed by atoms with Crippen molar-refractivity contribution >= 4 is 38.9 Å². The third-order valence-corrected chi connectivity index (χ3v) is 6.61. The number of nitrogens with zero attached hydrogens (tertiary/aromatic N) is 1. The quantitative estimate of drug-likeness (QED) is 0.374. The van der Waals surface area contributed by atoms with E-state index in [1.807, 2.05) is 36.4 Å². The van der Waals surface area contributed by atoms with E-state index in [0.717, 1.165) is 17.5 Å². The van der Waals surface area contributed by atoms with Gasteiger partial charge in [0.05, 0.1) is 15.5 Å². The standard InChI is InChI=1S/C25H20ClN3O3S/c26-24-11-10-21(29-33(31,32)22-4-2-1-3-5-22)17-23(24)25(30)28-20-8-6-18(7-9-20)16-19-12-14-27-15-13-19/h1-15,17,29H,16H2,(H,28,30). The highest BCUT2D eigenvalue weighted by atomic mass is 35.5. The summed E-state index contributed by atoms with van der Waals surface area (Å²) < 4.78 is 27.6. The molecule has 4 rings (SSSR count). The number of aromatic nitrogens is 1. The van der Waals surface area contributed by atoms with Gasteiger partial charge in [-0.15, -0.1) is 0 Å². The summed E-state index contributed by atoms with van der Waals surface area (Å²) in [4.78, 5) is 17.0. The van der Waals surface area contributed by atoms with Crippen LogP contribution in [0.25, 0.3) is 0 Å². The molecule has 1 heterocycles. The smallest absolute Gasteiger partial charge is 0.261 e. The zero-order valence-electron chi connectivity index (χ0n) is 17.4. The number of sulfonamides is 1. The zero-order valence-corrected chi connectivity index (χ0v) is 19.0. The minimum Gasteiger partial charge on any atom is -0.322 e. The number of anilines is 2. The van der Waals surface area contributed by atoms with Crippen molar-refractivity contribution in [2.24, 2.45) is 0 Å². The van der Waals surface area contributed by atoms with Gasteiger partial charge in [-0.1, -0.05) is 41.9 Å². The van der Waals surface area contributed by atoms with Gasteiger partial charge >= 0.3 is 0 Å². The average molecular weight is 478 g/mol. The van der Waals surface area contributed by atoms with Crippen LogP contribution in [-0.2, 0) is 16.4 Å². The van der Waals surface area contributed by atoms with Gasteiger partial charge in [0.2, 0.25) is 0 Å². The van der Waals surface area contributed by atoms with E-state index in [9.17, 15) is 13.2 Å². The highest BCUT2D eigenvalue weighted by molar-refractivity contribution is 7.92. The Kier molecular flexibility index (Phi) is 6.72. The van der Waals surface area contributed by atoms with Gasteiger partial charge in [-0.3, -0.25) is 14.5 Å². The van der Waals surface area contributed by atoms with Crippen LogP contribution in [0.3, 0.4) is 0 Å². The zero-order chi connectivity index (χ0) is 23.3. The number of benzene rings is 3. The van der Waals surface area contributed by atoms with Crippen molar-refractivity contribution in [2.75, 3.05) is 10.0 Å². The van der Waals surface area contributed by atoms with Crippen LogP contribution in [0.15, 0.2) is 102 Å². The van der Waals surface area contributed by atoms with Crippen LogP contribution < -0.4 is 10.0 Å². The third kappa shape index (κ3) is 5.77. The highest BCUT2D eigenvalue weighted by Gasteiger charge is 2.17. The van der Waals surface area contributed by atoms with Crippen molar-refractivity contribution in [3.63, 3.8) is 0 Å². The molecule has 0 spiro atoms. The van der Waals surface area contributed by atoms with Crippen molar-refractivity contribution in [1.82, 2.24) is 4.98 Å². The van der Waals surface area contributed by atoms with E-state index in [0.29, 0.717) is 5.69 Å². The number of hydrogen-bond donors (Lipinski definition) is 2. The van der Waals surface area contributed by atoms with Gasteiger partial charge in [0.25, 0.3) is 15.9 Å². The van der Waals surface area contributed by atoms with E-state index in [1.165, 1.54) is 30.3 Å².